The molecule has 0 aromatic heterocycles. The molecular formula is C8H5ClFIO2. The fourth-order valence-corrected chi connectivity index (χ4v) is 1.38. The molecule has 1 aromatic rings. The number of methoxy groups -OCH3 is 1. The molecule has 0 unspecified atom stereocenters. The Balaban J connectivity index is 3.23. The summed E-state index contributed by atoms with van der Waals surface area (Å²) in [7, 11) is 1.19. The molecule has 70 valence electrons. The molecule has 0 radical (unpaired) electrons. The SMILES string of the molecule is COC(=O)c1cc(Cl)c(I)cc1F. The molecule has 0 bridgehead atoms. The number of carbonyl (C=O) groups excluding carboxylic acids is 1. The van der Waals surface area contributed by atoms with E-state index < -0.39 is 11.8 Å². The molecule has 5 heteroatoms. The number of ether oxygens (including phenoxy) is 1. The van der Waals surface area contributed by atoms with E-state index in [1.165, 1.54) is 19.2 Å². The third-order valence-corrected chi connectivity index (χ3v) is 2.94. The first-order valence-corrected chi connectivity index (χ1v) is 4.74. The summed E-state index contributed by atoms with van der Waals surface area (Å²) < 4.78 is 18.0. The van der Waals surface area contributed by atoms with Crippen molar-refractivity contribution < 1.29 is 13.9 Å². The highest BCUT2D eigenvalue weighted by molar-refractivity contribution is 14.1. The minimum Gasteiger partial charge on any atom is -0.465 e. The van der Waals surface area contributed by atoms with Crippen molar-refractivity contribution in [3.05, 3.63) is 32.1 Å². The van der Waals surface area contributed by atoms with E-state index in [-0.39, 0.29) is 5.56 Å². The van der Waals surface area contributed by atoms with Gasteiger partial charge in [-0.1, -0.05) is 11.6 Å². The van der Waals surface area contributed by atoms with Crippen molar-refractivity contribution in [1.82, 2.24) is 0 Å². The Hall–Kier alpha value is -0.360. The van der Waals surface area contributed by atoms with Crippen LogP contribution in [0.5, 0.6) is 0 Å². The van der Waals surface area contributed by atoms with Gasteiger partial charge < -0.3 is 4.74 Å². The first-order valence-electron chi connectivity index (χ1n) is 3.29. The minimum absolute atomic E-state index is 0.145. The molecule has 0 fully saturated rings. The molecule has 0 aliphatic rings. The van der Waals surface area contributed by atoms with Gasteiger partial charge >= 0.3 is 5.97 Å². The number of carbonyl (C=O) groups is 1. The van der Waals surface area contributed by atoms with E-state index in [2.05, 4.69) is 4.74 Å². The molecule has 0 saturated heterocycles. The summed E-state index contributed by atoms with van der Waals surface area (Å²) in [6.45, 7) is 0. The van der Waals surface area contributed by atoms with Crippen LogP contribution >= 0.6 is 34.2 Å². The molecule has 0 aliphatic carbocycles. The Morgan fingerprint density at radius 2 is 2.23 bits per heavy atom. The summed E-state index contributed by atoms with van der Waals surface area (Å²) in [5.41, 5.74) is -0.145. The third kappa shape index (κ3) is 2.31. The number of rotatable bonds is 1. The standard InChI is InChI=1S/C8H5ClFIO2/c1-13-8(12)4-2-5(9)7(11)3-6(4)10/h2-3H,1H3. The third-order valence-electron chi connectivity index (χ3n) is 1.42. The van der Waals surface area contributed by atoms with Crippen LogP contribution in [0.25, 0.3) is 0 Å². The Morgan fingerprint density at radius 1 is 1.62 bits per heavy atom. The number of halogens is 3. The molecule has 0 heterocycles. The maximum atomic E-state index is 13.1. The molecule has 0 aliphatic heterocycles. The van der Waals surface area contributed by atoms with Gasteiger partial charge in [0.05, 0.1) is 17.7 Å². The van der Waals surface area contributed by atoms with Gasteiger partial charge in [0.1, 0.15) is 5.82 Å². The summed E-state index contributed by atoms with van der Waals surface area (Å²) in [6, 6.07) is 2.44. The second-order valence-electron chi connectivity index (χ2n) is 2.24. The molecule has 2 nitrogen and oxygen atoms in total. The average Bonchev–Trinajstić information content (AvgIpc) is 2.10. The second-order valence-corrected chi connectivity index (χ2v) is 3.81. The zero-order valence-electron chi connectivity index (χ0n) is 6.61. The first kappa shape index (κ1) is 10.7. The predicted molar refractivity (Wildman–Crippen MR) is 55.5 cm³/mol. The van der Waals surface area contributed by atoms with Crippen LogP contribution in [0.3, 0.4) is 0 Å². The van der Waals surface area contributed by atoms with Crippen LogP contribution in [-0.4, -0.2) is 13.1 Å². The molecule has 0 amide bonds. The molecule has 13 heavy (non-hydrogen) atoms. The van der Waals surface area contributed by atoms with E-state index in [1.807, 2.05) is 22.6 Å². The van der Waals surface area contributed by atoms with Crippen molar-refractivity contribution in [2.75, 3.05) is 7.11 Å². The highest BCUT2D eigenvalue weighted by Crippen LogP contribution is 2.22. The lowest BCUT2D eigenvalue weighted by atomic mass is 10.2. The molecule has 0 atom stereocenters. The van der Waals surface area contributed by atoms with Crippen molar-refractivity contribution in [2.45, 2.75) is 0 Å². The molecule has 0 saturated carbocycles. The maximum absolute atomic E-state index is 13.1. The number of hydrogen-bond acceptors (Lipinski definition) is 2. The summed E-state index contributed by atoms with van der Waals surface area (Å²) in [6.07, 6.45) is 0. The van der Waals surface area contributed by atoms with Crippen LogP contribution in [0, 0.1) is 9.39 Å². The molecule has 1 rings (SSSR count). The highest BCUT2D eigenvalue weighted by atomic mass is 127. The van der Waals surface area contributed by atoms with Crippen LogP contribution in [0.4, 0.5) is 4.39 Å². The van der Waals surface area contributed by atoms with Crippen LogP contribution in [-0.2, 0) is 4.74 Å². The summed E-state index contributed by atoms with van der Waals surface area (Å²) in [5.74, 6) is -1.35. The van der Waals surface area contributed by atoms with Crippen molar-refractivity contribution in [1.29, 1.82) is 0 Å². The molecule has 0 spiro atoms. The van der Waals surface area contributed by atoms with E-state index in [1.54, 1.807) is 0 Å². The van der Waals surface area contributed by atoms with Crippen molar-refractivity contribution in [3.63, 3.8) is 0 Å². The van der Waals surface area contributed by atoms with E-state index in [9.17, 15) is 9.18 Å². The van der Waals surface area contributed by atoms with Gasteiger partial charge in [0, 0.05) is 3.57 Å². The van der Waals surface area contributed by atoms with Gasteiger partial charge in [0.15, 0.2) is 0 Å². The number of benzene rings is 1. The summed E-state index contributed by atoms with van der Waals surface area (Å²) >= 11 is 7.58. The fourth-order valence-electron chi connectivity index (χ4n) is 0.789. The van der Waals surface area contributed by atoms with Crippen LogP contribution in [0.1, 0.15) is 10.4 Å². The van der Waals surface area contributed by atoms with Crippen LogP contribution < -0.4 is 0 Å². The van der Waals surface area contributed by atoms with Gasteiger partial charge in [-0.25, -0.2) is 9.18 Å². The molecule has 1 aromatic carbocycles. The van der Waals surface area contributed by atoms with Gasteiger partial charge in [-0.15, -0.1) is 0 Å². The maximum Gasteiger partial charge on any atom is 0.340 e. The van der Waals surface area contributed by atoms with Crippen molar-refractivity contribution >= 4 is 40.2 Å². The highest BCUT2D eigenvalue weighted by Gasteiger charge is 2.14. The molecule has 0 N–H and O–H groups in total. The lowest BCUT2D eigenvalue weighted by Crippen LogP contribution is -2.04. The van der Waals surface area contributed by atoms with Gasteiger partial charge in [-0.3, -0.25) is 0 Å². The lowest BCUT2D eigenvalue weighted by molar-refractivity contribution is 0.0595. The largest absolute Gasteiger partial charge is 0.465 e. The van der Waals surface area contributed by atoms with Gasteiger partial charge in [-0.2, -0.15) is 0 Å². The van der Waals surface area contributed by atoms with E-state index in [0.717, 1.165) is 0 Å². The normalized spacial score (nSPS) is 9.85. The summed E-state index contributed by atoms with van der Waals surface area (Å²) in [5, 5.41) is 0.336. The van der Waals surface area contributed by atoms with Gasteiger partial charge in [-0.05, 0) is 34.7 Å². The predicted octanol–water partition coefficient (Wildman–Crippen LogP) is 2.87. The zero-order chi connectivity index (χ0) is 10.0. The Labute approximate surface area is 93.2 Å². The van der Waals surface area contributed by atoms with E-state index >= 15 is 0 Å². The van der Waals surface area contributed by atoms with Crippen molar-refractivity contribution in [3.8, 4) is 0 Å². The van der Waals surface area contributed by atoms with Crippen LogP contribution in [0.2, 0.25) is 5.02 Å². The quantitative estimate of drug-likeness (QED) is 0.453. The molecular weight excluding hydrogens is 309 g/mol. The topological polar surface area (TPSA) is 26.3 Å². The Kier molecular flexibility index (Phi) is 3.49. The fraction of sp³-hybridized carbons (Fsp3) is 0.125. The van der Waals surface area contributed by atoms with E-state index in [4.69, 9.17) is 11.6 Å². The summed E-state index contributed by atoms with van der Waals surface area (Å²) in [4.78, 5) is 11.0. The zero-order valence-corrected chi connectivity index (χ0v) is 9.52. The van der Waals surface area contributed by atoms with Gasteiger partial charge in [0.25, 0.3) is 0 Å². The average molecular weight is 314 g/mol. The van der Waals surface area contributed by atoms with Crippen LogP contribution in [0.15, 0.2) is 12.1 Å². The first-order chi connectivity index (χ1) is 6.06. The monoisotopic (exact) mass is 314 g/mol. The van der Waals surface area contributed by atoms with Crippen molar-refractivity contribution in [2.24, 2.45) is 0 Å². The second kappa shape index (κ2) is 4.23. The Morgan fingerprint density at radius 3 is 2.77 bits per heavy atom. The Bertz CT molecular complexity index is 354. The number of esters is 1. The number of hydrogen-bond donors (Lipinski definition) is 0. The van der Waals surface area contributed by atoms with Gasteiger partial charge in [0.2, 0.25) is 0 Å². The van der Waals surface area contributed by atoms with E-state index in [0.29, 0.717) is 8.59 Å². The minimum atomic E-state index is -0.726. The smallest absolute Gasteiger partial charge is 0.340 e. The lowest BCUT2D eigenvalue weighted by Gasteiger charge is -2.02.